The molecule has 0 saturated heterocycles. The Hall–Kier alpha value is -1.95. The maximum absolute atomic E-state index is 13.0. The fraction of sp³-hybridized carbons (Fsp3) is 0.0769. The van der Waals surface area contributed by atoms with E-state index in [1.54, 1.807) is 19.1 Å². The molecule has 100 valence electrons. The van der Waals surface area contributed by atoms with Gasteiger partial charge in [0.1, 0.15) is 10.6 Å². The van der Waals surface area contributed by atoms with Crippen LogP contribution in [0.5, 0.6) is 5.75 Å². The van der Waals surface area contributed by atoms with E-state index in [-0.39, 0.29) is 10.6 Å². The Morgan fingerprint density at radius 1 is 1.00 bits per heavy atom. The standard InChI is InChI=1S/C13H10F2O3S/c1-9-3-2-4-11(7-9)19(16,17)18-10-5-6-12(14)13(15)8-10/h2-8H,1H3. The summed E-state index contributed by atoms with van der Waals surface area (Å²) in [5, 5.41) is 0. The van der Waals surface area contributed by atoms with Crippen molar-refractivity contribution in [1.82, 2.24) is 0 Å². The average molecular weight is 284 g/mol. The summed E-state index contributed by atoms with van der Waals surface area (Å²) < 4.78 is 54.3. The van der Waals surface area contributed by atoms with Crippen LogP contribution in [0.1, 0.15) is 5.56 Å². The molecular formula is C13H10F2O3S. The molecule has 0 aliphatic rings. The number of aryl methyl sites for hydroxylation is 1. The van der Waals surface area contributed by atoms with E-state index in [0.717, 1.165) is 17.7 Å². The second-order valence-electron chi connectivity index (χ2n) is 3.93. The van der Waals surface area contributed by atoms with Gasteiger partial charge in [-0.1, -0.05) is 12.1 Å². The van der Waals surface area contributed by atoms with Crippen molar-refractivity contribution in [2.24, 2.45) is 0 Å². The van der Waals surface area contributed by atoms with E-state index in [1.807, 2.05) is 0 Å². The van der Waals surface area contributed by atoms with Gasteiger partial charge in [0.15, 0.2) is 11.6 Å². The third-order valence-electron chi connectivity index (χ3n) is 2.38. The Morgan fingerprint density at radius 2 is 1.74 bits per heavy atom. The van der Waals surface area contributed by atoms with Gasteiger partial charge in [-0.25, -0.2) is 8.78 Å². The number of benzene rings is 2. The molecule has 0 unspecified atom stereocenters. The zero-order chi connectivity index (χ0) is 14.0. The van der Waals surface area contributed by atoms with Crippen LogP contribution >= 0.6 is 0 Å². The SMILES string of the molecule is Cc1cccc(S(=O)(=O)Oc2ccc(F)c(F)c2)c1. The van der Waals surface area contributed by atoms with Crippen LogP contribution in [0.4, 0.5) is 8.78 Å². The molecule has 2 aromatic rings. The second-order valence-corrected chi connectivity index (χ2v) is 5.48. The lowest BCUT2D eigenvalue weighted by Gasteiger charge is -2.07. The fourth-order valence-electron chi connectivity index (χ4n) is 1.47. The fourth-order valence-corrected chi connectivity index (χ4v) is 2.50. The van der Waals surface area contributed by atoms with Gasteiger partial charge >= 0.3 is 10.1 Å². The van der Waals surface area contributed by atoms with Crippen LogP contribution in [-0.4, -0.2) is 8.42 Å². The van der Waals surface area contributed by atoms with E-state index in [1.165, 1.54) is 12.1 Å². The van der Waals surface area contributed by atoms with E-state index in [0.29, 0.717) is 6.07 Å². The van der Waals surface area contributed by atoms with Gasteiger partial charge in [-0.15, -0.1) is 0 Å². The Labute approximate surface area is 109 Å². The Bertz CT molecular complexity index is 712. The summed E-state index contributed by atoms with van der Waals surface area (Å²) in [6.45, 7) is 1.73. The highest BCUT2D eigenvalue weighted by Crippen LogP contribution is 2.21. The van der Waals surface area contributed by atoms with Crippen molar-refractivity contribution in [3.63, 3.8) is 0 Å². The summed E-state index contributed by atoms with van der Waals surface area (Å²) in [5.41, 5.74) is 0.745. The van der Waals surface area contributed by atoms with Crippen LogP contribution in [0.15, 0.2) is 47.4 Å². The molecule has 0 N–H and O–H groups in total. The van der Waals surface area contributed by atoms with Crippen molar-refractivity contribution in [1.29, 1.82) is 0 Å². The lowest BCUT2D eigenvalue weighted by atomic mass is 10.2. The van der Waals surface area contributed by atoms with Crippen LogP contribution in [-0.2, 0) is 10.1 Å². The molecule has 0 heterocycles. The van der Waals surface area contributed by atoms with Crippen LogP contribution in [0.2, 0.25) is 0 Å². The molecule has 2 aromatic carbocycles. The highest BCUT2D eigenvalue weighted by Gasteiger charge is 2.17. The van der Waals surface area contributed by atoms with E-state index in [4.69, 9.17) is 4.18 Å². The third-order valence-corrected chi connectivity index (χ3v) is 3.62. The average Bonchev–Trinajstić information content (AvgIpc) is 2.33. The Morgan fingerprint density at radius 3 is 2.37 bits per heavy atom. The predicted octanol–water partition coefficient (Wildman–Crippen LogP) is 3.04. The molecule has 0 aliphatic carbocycles. The van der Waals surface area contributed by atoms with Gasteiger partial charge in [0.05, 0.1) is 0 Å². The molecule has 0 radical (unpaired) electrons. The van der Waals surface area contributed by atoms with Crippen LogP contribution in [0, 0.1) is 18.6 Å². The first-order valence-electron chi connectivity index (χ1n) is 5.35. The third kappa shape index (κ3) is 3.08. The number of hydrogen-bond donors (Lipinski definition) is 0. The molecule has 19 heavy (non-hydrogen) atoms. The summed E-state index contributed by atoms with van der Waals surface area (Å²) >= 11 is 0. The van der Waals surface area contributed by atoms with Crippen molar-refractivity contribution < 1.29 is 21.4 Å². The summed E-state index contributed by atoms with van der Waals surface area (Å²) in [5.74, 6) is -2.52. The molecule has 6 heteroatoms. The minimum absolute atomic E-state index is 0.0442. The largest absolute Gasteiger partial charge is 0.379 e. The molecule has 0 aliphatic heterocycles. The van der Waals surface area contributed by atoms with Gasteiger partial charge in [-0.3, -0.25) is 0 Å². The molecule has 2 rings (SSSR count). The quantitative estimate of drug-likeness (QED) is 0.814. The maximum Gasteiger partial charge on any atom is 0.339 e. The van der Waals surface area contributed by atoms with Gasteiger partial charge in [-0.05, 0) is 36.8 Å². The van der Waals surface area contributed by atoms with E-state index in [9.17, 15) is 17.2 Å². The zero-order valence-corrected chi connectivity index (χ0v) is 10.7. The van der Waals surface area contributed by atoms with Crippen molar-refractivity contribution in [3.05, 3.63) is 59.7 Å². The van der Waals surface area contributed by atoms with Crippen molar-refractivity contribution in [2.75, 3.05) is 0 Å². The first kappa shape index (κ1) is 13.5. The van der Waals surface area contributed by atoms with Gasteiger partial charge in [0.2, 0.25) is 0 Å². The summed E-state index contributed by atoms with van der Waals surface area (Å²) in [6, 6.07) is 8.62. The molecule has 3 nitrogen and oxygen atoms in total. The molecule has 0 aromatic heterocycles. The van der Waals surface area contributed by atoms with E-state index >= 15 is 0 Å². The Kier molecular flexibility index (Phi) is 3.53. The van der Waals surface area contributed by atoms with Crippen LogP contribution in [0.25, 0.3) is 0 Å². The Balaban J connectivity index is 2.33. The minimum atomic E-state index is -4.05. The van der Waals surface area contributed by atoms with Gasteiger partial charge < -0.3 is 4.18 Å². The lowest BCUT2D eigenvalue weighted by molar-refractivity contribution is 0.472. The first-order valence-corrected chi connectivity index (χ1v) is 6.75. The van der Waals surface area contributed by atoms with Gasteiger partial charge in [-0.2, -0.15) is 8.42 Å². The highest BCUT2D eigenvalue weighted by molar-refractivity contribution is 7.87. The summed E-state index contributed by atoms with van der Waals surface area (Å²) in [7, 11) is -4.05. The smallest absolute Gasteiger partial charge is 0.339 e. The van der Waals surface area contributed by atoms with Crippen LogP contribution < -0.4 is 4.18 Å². The summed E-state index contributed by atoms with van der Waals surface area (Å²) in [4.78, 5) is -0.0442. The predicted molar refractivity (Wildman–Crippen MR) is 65.4 cm³/mol. The molecule has 0 atom stereocenters. The monoisotopic (exact) mass is 284 g/mol. The lowest BCUT2D eigenvalue weighted by Crippen LogP contribution is -2.10. The number of halogens is 2. The minimum Gasteiger partial charge on any atom is -0.379 e. The normalized spacial score (nSPS) is 11.3. The highest BCUT2D eigenvalue weighted by atomic mass is 32.2. The molecule has 0 spiro atoms. The van der Waals surface area contributed by atoms with Gasteiger partial charge in [0, 0.05) is 6.07 Å². The van der Waals surface area contributed by atoms with E-state index < -0.39 is 21.8 Å². The molecule has 0 amide bonds. The van der Waals surface area contributed by atoms with Crippen molar-refractivity contribution in [3.8, 4) is 5.75 Å². The van der Waals surface area contributed by atoms with Gasteiger partial charge in [0.25, 0.3) is 0 Å². The molecule has 0 fully saturated rings. The topological polar surface area (TPSA) is 43.4 Å². The second kappa shape index (κ2) is 4.97. The van der Waals surface area contributed by atoms with E-state index in [2.05, 4.69) is 0 Å². The molecular weight excluding hydrogens is 274 g/mol. The number of hydrogen-bond acceptors (Lipinski definition) is 3. The van der Waals surface area contributed by atoms with Crippen molar-refractivity contribution in [2.45, 2.75) is 11.8 Å². The van der Waals surface area contributed by atoms with Crippen LogP contribution in [0.3, 0.4) is 0 Å². The molecule has 0 saturated carbocycles. The maximum atomic E-state index is 13.0. The number of rotatable bonds is 3. The molecule has 0 bridgehead atoms. The first-order chi connectivity index (χ1) is 8.88. The summed E-state index contributed by atoms with van der Waals surface area (Å²) in [6.07, 6.45) is 0. The zero-order valence-electron chi connectivity index (χ0n) is 9.93. The van der Waals surface area contributed by atoms with Crippen molar-refractivity contribution >= 4 is 10.1 Å².